The van der Waals surface area contributed by atoms with E-state index in [4.69, 9.17) is 5.11 Å². The number of carboxylic acids is 1. The number of aromatic nitrogens is 1. The summed E-state index contributed by atoms with van der Waals surface area (Å²) in [6.07, 6.45) is 3.03. The summed E-state index contributed by atoms with van der Waals surface area (Å²) in [4.78, 5) is 14.7. The van der Waals surface area contributed by atoms with Gasteiger partial charge in [0.1, 0.15) is 17.2 Å². The second-order valence-electron chi connectivity index (χ2n) is 3.92. The van der Waals surface area contributed by atoms with E-state index in [0.717, 1.165) is 25.1 Å². The predicted octanol–water partition coefficient (Wildman–Crippen LogP) is 2.77. The maximum Gasteiger partial charge on any atom is 0.339 e. The Hall–Kier alpha value is -1.65. The van der Waals surface area contributed by atoms with Gasteiger partial charge in [-0.3, -0.25) is 0 Å². The van der Waals surface area contributed by atoms with E-state index in [1.807, 2.05) is 0 Å². The van der Waals surface area contributed by atoms with Crippen molar-refractivity contribution in [3.8, 4) is 0 Å². The third kappa shape index (κ3) is 3.69. The largest absolute Gasteiger partial charge is 0.478 e. The van der Waals surface area contributed by atoms with Gasteiger partial charge < -0.3 is 10.4 Å². The smallest absolute Gasteiger partial charge is 0.339 e. The lowest BCUT2D eigenvalue weighted by atomic mass is 10.0. The van der Waals surface area contributed by atoms with Gasteiger partial charge in [0.2, 0.25) is 0 Å². The minimum atomic E-state index is -1.18. The van der Waals surface area contributed by atoms with Gasteiger partial charge in [-0.15, -0.1) is 0 Å². The van der Waals surface area contributed by atoms with E-state index in [9.17, 15) is 9.18 Å². The van der Waals surface area contributed by atoms with Crippen LogP contribution in [0.5, 0.6) is 0 Å². The van der Waals surface area contributed by atoms with Crippen molar-refractivity contribution in [2.45, 2.75) is 26.7 Å². The Kier molecular flexibility index (Phi) is 4.87. The molecule has 17 heavy (non-hydrogen) atoms. The number of hydrogen-bond donors (Lipinski definition) is 2. The van der Waals surface area contributed by atoms with E-state index in [0.29, 0.717) is 12.5 Å². The average molecular weight is 240 g/mol. The van der Waals surface area contributed by atoms with Crippen molar-refractivity contribution in [1.82, 2.24) is 4.98 Å². The Balaban J connectivity index is 2.80. The molecule has 94 valence electrons. The lowest BCUT2D eigenvalue weighted by Gasteiger charge is -2.14. The van der Waals surface area contributed by atoms with Crippen LogP contribution >= 0.6 is 0 Å². The van der Waals surface area contributed by atoms with Gasteiger partial charge in [-0.25, -0.2) is 14.2 Å². The first-order valence-corrected chi connectivity index (χ1v) is 5.71. The first-order chi connectivity index (χ1) is 8.08. The fourth-order valence-electron chi connectivity index (χ4n) is 1.56. The zero-order valence-electron chi connectivity index (χ0n) is 10.0. The Morgan fingerprint density at radius 1 is 1.53 bits per heavy atom. The number of aromatic carboxylic acids is 1. The molecule has 0 aromatic carbocycles. The van der Waals surface area contributed by atoms with E-state index in [1.165, 1.54) is 0 Å². The predicted molar refractivity (Wildman–Crippen MR) is 63.7 cm³/mol. The molecule has 0 bridgehead atoms. The molecule has 0 radical (unpaired) electrons. The molecule has 0 spiro atoms. The monoisotopic (exact) mass is 240 g/mol. The fraction of sp³-hybridized carbons (Fsp3) is 0.500. The third-order valence-electron chi connectivity index (χ3n) is 2.80. The molecule has 0 aliphatic rings. The van der Waals surface area contributed by atoms with Crippen LogP contribution in [0, 0.1) is 11.7 Å². The minimum absolute atomic E-state index is 0.129. The van der Waals surface area contributed by atoms with Gasteiger partial charge in [0, 0.05) is 6.54 Å². The molecular weight excluding hydrogens is 223 g/mol. The summed E-state index contributed by atoms with van der Waals surface area (Å²) in [7, 11) is 0. The van der Waals surface area contributed by atoms with Crippen LogP contribution in [0.25, 0.3) is 0 Å². The van der Waals surface area contributed by atoms with Crippen LogP contribution in [0.3, 0.4) is 0 Å². The molecule has 1 heterocycles. The van der Waals surface area contributed by atoms with Gasteiger partial charge in [0.05, 0.1) is 6.20 Å². The minimum Gasteiger partial charge on any atom is -0.478 e. The molecular formula is C12H17FN2O2. The Bertz CT molecular complexity index is 392. The summed E-state index contributed by atoms with van der Waals surface area (Å²) in [5.41, 5.74) is -0.129. The highest BCUT2D eigenvalue weighted by atomic mass is 19.1. The SMILES string of the molecule is CCC(CC)CNc1ncc(F)cc1C(=O)O. The molecule has 0 fully saturated rings. The molecule has 2 N–H and O–H groups in total. The molecule has 1 aromatic rings. The van der Waals surface area contributed by atoms with E-state index < -0.39 is 11.8 Å². The van der Waals surface area contributed by atoms with Crippen molar-refractivity contribution in [3.05, 3.63) is 23.6 Å². The van der Waals surface area contributed by atoms with Crippen LogP contribution in [0.4, 0.5) is 10.2 Å². The molecule has 1 rings (SSSR count). The van der Waals surface area contributed by atoms with Crippen LogP contribution in [0.2, 0.25) is 0 Å². The molecule has 5 heteroatoms. The van der Waals surface area contributed by atoms with Gasteiger partial charge in [-0.05, 0) is 12.0 Å². The van der Waals surface area contributed by atoms with Crippen molar-refractivity contribution < 1.29 is 14.3 Å². The maximum absolute atomic E-state index is 12.9. The average Bonchev–Trinajstić information content (AvgIpc) is 2.31. The zero-order chi connectivity index (χ0) is 12.8. The van der Waals surface area contributed by atoms with E-state index in [2.05, 4.69) is 24.1 Å². The van der Waals surface area contributed by atoms with Gasteiger partial charge >= 0.3 is 5.97 Å². The van der Waals surface area contributed by atoms with Crippen LogP contribution in [-0.4, -0.2) is 22.6 Å². The molecule has 0 amide bonds. The third-order valence-corrected chi connectivity index (χ3v) is 2.80. The topological polar surface area (TPSA) is 62.2 Å². The maximum atomic E-state index is 12.9. The van der Waals surface area contributed by atoms with Crippen LogP contribution < -0.4 is 5.32 Å². The van der Waals surface area contributed by atoms with Gasteiger partial charge in [0.15, 0.2) is 0 Å². The first kappa shape index (κ1) is 13.4. The summed E-state index contributed by atoms with van der Waals surface area (Å²) in [6.45, 7) is 4.80. The number of hydrogen-bond acceptors (Lipinski definition) is 3. The molecule has 0 aliphatic heterocycles. The van der Waals surface area contributed by atoms with E-state index >= 15 is 0 Å². The van der Waals surface area contributed by atoms with Crippen LogP contribution in [-0.2, 0) is 0 Å². The van der Waals surface area contributed by atoms with Crippen LogP contribution in [0.15, 0.2) is 12.3 Å². The van der Waals surface area contributed by atoms with Gasteiger partial charge in [-0.1, -0.05) is 26.7 Å². The molecule has 1 aromatic heterocycles. The Morgan fingerprint density at radius 2 is 2.18 bits per heavy atom. The number of pyridine rings is 1. The lowest BCUT2D eigenvalue weighted by Crippen LogP contribution is -2.16. The van der Waals surface area contributed by atoms with E-state index in [1.54, 1.807) is 0 Å². The normalized spacial score (nSPS) is 10.6. The van der Waals surface area contributed by atoms with Gasteiger partial charge in [0.25, 0.3) is 0 Å². The summed E-state index contributed by atoms with van der Waals surface area (Å²) in [5, 5.41) is 11.9. The summed E-state index contributed by atoms with van der Waals surface area (Å²) in [5.74, 6) is -1.13. The number of rotatable bonds is 6. The Morgan fingerprint density at radius 3 is 2.71 bits per heavy atom. The van der Waals surface area contributed by atoms with Crippen molar-refractivity contribution in [3.63, 3.8) is 0 Å². The number of nitrogens with zero attached hydrogens (tertiary/aromatic N) is 1. The molecule has 0 atom stereocenters. The molecule has 0 aliphatic carbocycles. The first-order valence-electron chi connectivity index (χ1n) is 5.71. The number of carboxylic acid groups (broad SMARTS) is 1. The summed E-state index contributed by atoms with van der Waals surface area (Å²) >= 11 is 0. The molecule has 0 unspecified atom stereocenters. The molecule has 0 saturated carbocycles. The second kappa shape index (κ2) is 6.18. The summed E-state index contributed by atoms with van der Waals surface area (Å²) in [6, 6.07) is 0.977. The standard InChI is InChI=1S/C12H17FN2O2/c1-3-8(4-2)6-14-11-10(12(16)17)5-9(13)7-15-11/h5,7-8H,3-4,6H2,1-2H3,(H,14,15)(H,16,17). The number of anilines is 1. The second-order valence-corrected chi connectivity index (χ2v) is 3.92. The highest BCUT2D eigenvalue weighted by Crippen LogP contribution is 2.15. The fourth-order valence-corrected chi connectivity index (χ4v) is 1.56. The van der Waals surface area contributed by atoms with Crippen molar-refractivity contribution >= 4 is 11.8 Å². The Labute approximate surface area is 99.9 Å². The highest BCUT2D eigenvalue weighted by Gasteiger charge is 2.13. The van der Waals surface area contributed by atoms with Crippen LogP contribution in [0.1, 0.15) is 37.0 Å². The van der Waals surface area contributed by atoms with Crippen molar-refractivity contribution in [1.29, 1.82) is 0 Å². The van der Waals surface area contributed by atoms with Crippen molar-refractivity contribution in [2.75, 3.05) is 11.9 Å². The molecule has 4 nitrogen and oxygen atoms in total. The number of carbonyl (C=O) groups is 1. The lowest BCUT2D eigenvalue weighted by molar-refractivity contribution is 0.0697. The number of halogens is 1. The number of nitrogens with one attached hydrogen (secondary N) is 1. The quantitative estimate of drug-likeness (QED) is 0.802. The molecule has 0 saturated heterocycles. The highest BCUT2D eigenvalue weighted by molar-refractivity contribution is 5.93. The van der Waals surface area contributed by atoms with Crippen molar-refractivity contribution in [2.24, 2.45) is 5.92 Å². The summed E-state index contributed by atoms with van der Waals surface area (Å²) < 4.78 is 12.9. The van der Waals surface area contributed by atoms with Gasteiger partial charge in [-0.2, -0.15) is 0 Å². The van der Waals surface area contributed by atoms with E-state index in [-0.39, 0.29) is 11.4 Å². The zero-order valence-corrected chi connectivity index (χ0v) is 10.0.